The maximum Gasteiger partial charge on any atom is 0.315 e. The van der Waals surface area contributed by atoms with Gasteiger partial charge in [-0.15, -0.1) is 16.7 Å². The molecular weight excluding hydrogens is 232 g/mol. The van der Waals surface area contributed by atoms with Crippen molar-refractivity contribution in [3.63, 3.8) is 0 Å². The van der Waals surface area contributed by atoms with Crippen molar-refractivity contribution in [3.05, 3.63) is 5.89 Å². The van der Waals surface area contributed by atoms with Gasteiger partial charge in [0.1, 0.15) is 0 Å². The number of carbonyl (C=O) groups is 1. The lowest BCUT2D eigenvalue weighted by molar-refractivity contribution is -0.125. The van der Waals surface area contributed by atoms with Crippen LogP contribution in [0.15, 0.2) is 4.42 Å². The molecule has 0 radical (unpaired) electrons. The van der Waals surface area contributed by atoms with Crippen molar-refractivity contribution in [1.29, 1.82) is 0 Å². The van der Waals surface area contributed by atoms with Gasteiger partial charge in [-0.2, -0.15) is 0 Å². The summed E-state index contributed by atoms with van der Waals surface area (Å²) in [6.07, 6.45) is 0.523. The van der Waals surface area contributed by atoms with E-state index < -0.39 is 5.41 Å². The Morgan fingerprint density at radius 3 is 2.81 bits per heavy atom. The Kier molecular flexibility index (Phi) is 4.12. The lowest BCUT2D eigenvalue weighted by Crippen LogP contribution is -2.37. The summed E-state index contributed by atoms with van der Waals surface area (Å²) < 4.78 is 5.23. The molecule has 0 aliphatic rings. The van der Waals surface area contributed by atoms with E-state index in [9.17, 15) is 4.79 Å². The maximum absolute atomic E-state index is 11.0. The highest BCUT2D eigenvalue weighted by atomic mass is 35.5. The number of hydrogen-bond acceptors (Lipinski definition) is 5. The van der Waals surface area contributed by atoms with Gasteiger partial charge in [-0.25, -0.2) is 0 Å². The monoisotopic (exact) mass is 246 g/mol. The van der Waals surface area contributed by atoms with Crippen LogP contribution in [0.3, 0.4) is 0 Å². The third-order valence-electron chi connectivity index (χ3n) is 2.12. The minimum Gasteiger partial charge on any atom is -0.408 e. The number of primary amides is 1. The standard InChI is InChI=1S/C9H15ClN4O2/c1-9(2,7(11)15)5-12-8-14-13-6(16-8)3-4-10/h3-5H2,1-2H3,(H2,11,15)(H,12,14). The highest BCUT2D eigenvalue weighted by Crippen LogP contribution is 2.15. The van der Waals surface area contributed by atoms with E-state index in [0.29, 0.717) is 24.7 Å². The summed E-state index contributed by atoms with van der Waals surface area (Å²) >= 11 is 5.53. The Bertz CT molecular complexity index is 364. The second kappa shape index (κ2) is 5.16. The molecule has 0 saturated carbocycles. The Morgan fingerprint density at radius 1 is 1.56 bits per heavy atom. The molecule has 16 heavy (non-hydrogen) atoms. The van der Waals surface area contributed by atoms with Gasteiger partial charge >= 0.3 is 6.01 Å². The summed E-state index contributed by atoms with van der Waals surface area (Å²) in [7, 11) is 0. The van der Waals surface area contributed by atoms with Crippen LogP contribution < -0.4 is 11.1 Å². The van der Waals surface area contributed by atoms with Crippen molar-refractivity contribution in [3.8, 4) is 0 Å². The first kappa shape index (κ1) is 12.8. The molecule has 6 nitrogen and oxygen atoms in total. The highest BCUT2D eigenvalue weighted by molar-refractivity contribution is 6.17. The van der Waals surface area contributed by atoms with Crippen LogP contribution in [0.4, 0.5) is 6.01 Å². The molecule has 1 aromatic rings. The molecule has 0 atom stereocenters. The SMILES string of the molecule is CC(C)(CNc1nnc(CCCl)o1)C(N)=O. The largest absolute Gasteiger partial charge is 0.408 e. The van der Waals surface area contributed by atoms with Gasteiger partial charge in [0.05, 0.1) is 5.41 Å². The Morgan fingerprint density at radius 2 is 2.25 bits per heavy atom. The number of aryl methyl sites for hydroxylation is 1. The van der Waals surface area contributed by atoms with E-state index in [4.69, 9.17) is 21.8 Å². The van der Waals surface area contributed by atoms with E-state index in [-0.39, 0.29) is 11.9 Å². The molecule has 0 fully saturated rings. The van der Waals surface area contributed by atoms with Gasteiger partial charge in [-0.3, -0.25) is 4.79 Å². The number of alkyl halides is 1. The van der Waals surface area contributed by atoms with Gasteiger partial charge in [0.15, 0.2) is 0 Å². The first-order chi connectivity index (χ1) is 7.45. The Hall–Kier alpha value is -1.30. The molecular formula is C9H15ClN4O2. The number of aromatic nitrogens is 2. The second-order valence-corrected chi connectivity index (χ2v) is 4.42. The molecule has 0 saturated heterocycles. The smallest absolute Gasteiger partial charge is 0.315 e. The number of hydrogen-bond donors (Lipinski definition) is 2. The average Bonchev–Trinajstić information content (AvgIpc) is 2.63. The van der Waals surface area contributed by atoms with Gasteiger partial charge in [-0.1, -0.05) is 5.10 Å². The normalized spacial score (nSPS) is 11.4. The summed E-state index contributed by atoms with van der Waals surface area (Å²) in [6, 6.07) is 0.273. The molecule has 0 aliphatic heterocycles. The van der Waals surface area contributed by atoms with Crippen molar-refractivity contribution in [2.24, 2.45) is 11.1 Å². The van der Waals surface area contributed by atoms with E-state index in [1.807, 2.05) is 0 Å². The molecule has 1 rings (SSSR count). The number of carbonyl (C=O) groups excluding carboxylic acids is 1. The zero-order chi connectivity index (χ0) is 12.2. The van der Waals surface area contributed by atoms with Gasteiger partial charge < -0.3 is 15.5 Å². The van der Waals surface area contributed by atoms with E-state index in [2.05, 4.69) is 15.5 Å². The van der Waals surface area contributed by atoms with Crippen molar-refractivity contribution >= 4 is 23.5 Å². The third-order valence-corrected chi connectivity index (χ3v) is 2.31. The zero-order valence-corrected chi connectivity index (χ0v) is 10.0. The summed E-state index contributed by atoms with van der Waals surface area (Å²) in [5.41, 5.74) is 4.56. The fourth-order valence-electron chi connectivity index (χ4n) is 0.891. The van der Waals surface area contributed by atoms with Gasteiger partial charge in [0.25, 0.3) is 0 Å². The topological polar surface area (TPSA) is 94.0 Å². The summed E-state index contributed by atoms with van der Waals surface area (Å²) in [5.74, 6) is 0.504. The summed E-state index contributed by atoms with van der Waals surface area (Å²) in [4.78, 5) is 11.0. The maximum atomic E-state index is 11.0. The van der Waals surface area contributed by atoms with E-state index in [1.54, 1.807) is 13.8 Å². The number of nitrogens with zero attached hydrogens (tertiary/aromatic N) is 2. The predicted octanol–water partition coefficient (Wildman–Crippen LogP) is 0.774. The molecule has 7 heteroatoms. The molecule has 0 aliphatic carbocycles. The first-order valence-corrected chi connectivity index (χ1v) is 5.41. The Labute approximate surface area is 98.5 Å². The molecule has 3 N–H and O–H groups in total. The number of halogens is 1. The lowest BCUT2D eigenvalue weighted by Gasteiger charge is -2.19. The van der Waals surface area contributed by atoms with E-state index in [1.165, 1.54) is 0 Å². The fourth-order valence-corrected chi connectivity index (χ4v) is 1.05. The van der Waals surface area contributed by atoms with Crippen LogP contribution in [0.1, 0.15) is 19.7 Å². The zero-order valence-electron chi connectivity index (χ0n) is 9.29. The van der Waals surface area contributed by atoms with Gasteiger partial charge in [0.2, 0.25) is 11.8 Å². The third kappa shape index (κ3) is 3.37. The van der Waals surface area contributed by atoms with E-state index >= 15 is 0 Å². The minimum absolute atomic E-state index is 0.273. The van der Waals surface area contributed by atoms with Crippen LogP contribution in [0.2, 0.25) is 0 Å². The number of nitrogens with two attached hydrogens (primary N) is 1. The molecule has 1 heterocycles. The quantitative estimate of drug-likeness (QED) is 0.724. The van der Waals surface area contributed by atoms with Crippen LogP contribution in [0, 0.1) is 5.41 Å². The second-order valence-electron chi connectivity index (χ2n) is 4.04. The van der Waals surface area contributed by atoms with Crippen molar-refractivity contribution in [2.75, 3.05) is 17.7 Å². The number of rotatable bonds is 6. The van der Waals surface area contributed by atoms with Crippen molar-refractivity contribution in [1.82, 2.24) is 10.2 Å². The molecule has 1 aromatic heterocycles. The number of nitrogens with one attached hydrogen (secondary N) is 1. The highest BCUT2D eigenvalue weighted by Gasteiger charge is 2.25. The van der Waals surface area contributed by atoms with Crippen LogP contribution in [-0.4, -0.2) is 28.5 Å². The molecule has 0 unspecified atom stereocenters. The number of anilines is 1. The Balaban J connectivity index is 2.51. The molecule has 1 amide bonds. The molecule has 90 valence electrons. The van der Waals surface area contributed by atoms with E-state index in [0.717, 1.165) is 0 Å². The predicted molar refractivity (Wildman–Crippen MR) is 60.2 cm³/mol. The molecule has 0 aromatic carbocycles. The average molecular weight is 247 g/mol. The van der Waals surface area contributed by atoms with Crippen LogP contribution in [-0.2, 0) is 11.2 Å². The summed E-state index contributed by atoms with van der Waals surface area (Å²) in [5, 5.41) is 10.4. The molecule has 0 spiro atoms. The van der Waals surface area contributed by atoms with Crippen molar-refractivity contribution in [2.45, 2.75) is 20.3 Å². The van der Waals surface area contributed by atoms with Crippen LogP contribution in [0.25, 0.3) is 0 Å². The lowest BCUT2D eigenvalue weighted by atomic mass is 9.93. The van der Waals surface area contributed by atoms with Crippen molar-refractivity contribution < 1.29 is 9.21 Å². The minimum atomic E-state index is -0.666. The number of amides is 1. The summed E-state index contributed by atoms with van der Waals surface area (Å²) in [6.45, 7) is 3.81. The fraction of sp³-hybridized carbons (Fsp3) is 0.667. The first-order valence-electron chi connectivity index (χ1n) is 4.88. The molecule has 0 bridgehead atoms. The van der Waals surface area contributed by atoms with Gasteiger partial charge in [-0.05, 0) is 13.8 Å². The van der Waals surface area contributed by atoms with Crippen LogP contribution in [0.5, 0.6) is 0 Å². The van der Waals surface area contributed by atoms with Gasteiger partial charge in [0, 0.05) is 18.8 Å². The van der Waals surface area contributed by atoms with Crippen LogP contribution >= 0.6 is 11.6 Å².